The Hall–Kier alpha value is -1.40. The number of morpholine rings is 1. The molecule has 1 aliphatic heterocycles. The minimum absolute atomic E-state index is 0.0658. The zero-order valence-corrected chi connectivity index (χ0v) is 18.5. The Morgan fingerprint density at radius 2 is 1.86 bits per heavy atom. The van der Waals surface area contributed by atoms with Crippen molar-refractivity contribution >= 4 is 55.8 Å². The zero-order chi connectivity index (χ0) is 20.1. The molecule has 10 heteroatoms. The summed E-state index contributed by atoms with van der Waals surface area (Å²) in [7, 11) is -3.82. The Kier molecular flexibility index (Phi) is 7.15. The number of amides is 1. The summed E-state index contributed by atoms with van der Waals surface area (Å²) in [5.74, 6) is -0.320. The van der Waals surface area contributed by atoms with Crippen LogP contribution in [0.3, 0.4) is 0 Å². The van der Waals surface area contributed by atoms with Gasteiger partial charge in [0.05, 0.1) is 13.2 Å². The Labute approximate surface area is 182 Å². The van der Waals surface area contributed by atoms with E-state index in [4.69, 9.17) is 21.1 Å². The van der Waals surface area contributed by atoms with E-state index in [9.17, 15) is 13.2 Å². The second kappa shape index (κ2) is 9.40. The topological polar surface area (TPSA) is 84.9 Å². The van der Waals surface area contributed by atoms with Crippen LogP contribution in [0.25, 0.3) is 0 Å². The lowest BCUT2D eigenvalue weighted by atomic mass is 10.3. The fourth-order valence-corrected chi connectivity index (χ4v) is 4.76. The first-order valence-electron chi connectivity index (χ1n) is 8.42. The van der Waals surface area contributed by atoms with E-state index in [1.54, 1.807) is 12.1 Å². The Bertz CT molecular complexity index is 947. The third-order valence-electron chi connectivity index (χ3n) is 3.98. The summed E-state index contributed by atoms with van der Waals surface area (Å²) in [5, 5.41) is 2.97. The van der Waals surface area contributed by atoms with Crippen LogP contribution in [0.4, 0.5) is 5.69 Å². The number of anilines is 1. The first-order valence-corrected chi connectivity index (χ1v) is 11.3. The molecular weight excluding hydrogens is 519 g/mol. The highest BCUT2D eigenvalue weighted by Crippen LogP contribution is 2.30. The van der Waals surface area contributed by atoms with Gasteiger partial charge in [-0.1, -0.05) is 11.6 Å². The summed E-state index contributed by atoms with van der Waals surface area (Å²) in [6.45, 7) is 0.825. The SMILES string of the molecule is O=C(COc1ccc(Cl)cc1S(=O)(=O)N1CCOCC1)Nc1ccc(I)cc1. The van der Waals surface area contributed by atoms with Gasteiger partial charge in [0, 0.05) is 27.4 Å². The van der Waals surface area contributed by atoms with Crippen molar-refractivity contribution in [2.45, 2.75) is 4.90 Å². The molecule has 1 saturated heterocycles. The molecule has 0 spiro atoms. The van der Waals surface area contributed by atoms with Gasteiger partial charge in [-0.25, -0.2) is 8.42 Å². The van der Waals surface area contributed by atoms with E-state index >= 15 is 0 Å². The van der Waals surface area contributed by atoms with Crippen molar-refractivity contribution in [1.29, 1.82) is 0 Å². The van der Waals surface area contributed by atoms with Crippen LogP contribution in [0.15, 0.2) is 47.4 Å². The predicted molar refractivity (Wildman–Crippen MR) is 114 cm³/mol. The summed E-state index contributed by atoms with van der Waals surface area (Å²) in [5.41, 5.74) is 0.631. The molecule has 1 N–H and O–H groups in total. The van der Waals surface area contributed by atoms with Gasteiger partial charge in [0.2, 0.25) is 10.0 Å². The van der Waals surface area contributed by atoms with E-state index in [1.165, 1.54) is 22.5 Å². The second-order valence-corrected chi connectivity index (χ2v) is 9.54. The van der Waals surface area contributed by atoms with Crippen molar-refractivity contribution in [2.75, 3.05) is 38.2 Å². The van der Waals surface area contributed by atoms with Gasteiger partial charge < -0.3 is 14.8 Å². The number of carbonyl (C=O) groups excluding carboxylic acids is 1. The Morgan fingerprint density at radius 3 is 2.54 bits per heavy atom. The first-order chi connectivity index (χ1) is 13.4. The van der Waals surface area contributed by atoms with Crippen LogP contribution in [-0.2, 0) is 19.6 Å². The third kappa shape index (κ3) is 5.35. The van der Waals surface area contributed by atoms with Crippen LogP contribution < -0.4 is 10.1 Å². The lowest BCUT2D eigenvalue weighted by molar-refractivity contribution is -0.118. The van der Waals surface area contributed by atoms with Crippen molar-refractivity contribution in [3.63, 3.8) is 0 Å². The summed E-state index contributed by atoms with van der Waals surface area (Å²) in [4.78, 5) is 12.1. The standard InChI is InChI=1S/C18H18ClIN2O5S/c19-13-1-6-16(17(11-13)28(24,25)22-7-9-26-10-8-22)27-12-18(23)21-15-4-2-14(20)3-5-15/h1-6,11H,7-10,12H2,(H,21,23). The fourth-order valence-electron chi connectivity index (χ4n) is 2.60. The molecule has 3 rings (SSSR count). The van der Waals surface area contributed by atoms with Crippen LogP contribution in [0.1, 0.15) is 0 Å². The van der Waals surface area contributed by atoms with E-state index in [-0.39, 0.29) is 35.4 Å². The molecule has 1 aliphatic rings. The molecule has 150 valence electrons. The summed E-state index contributed by atoms with van der Waals surface area (Å²) < 4.78 is 39.0. The first kappa shape index (κ1) is 21.3. The van der Waals surface area contributed by atoms with E-state index in [0.29, 0.717) is 18.9 Å². The van der Waals surface area contributed by atoms with Gasteiger partial charge in [-0.3, -0.25) is 4.79 Å². The number of benzene rings is 2. The molecular formula is C18H18ClIN2O5S. The quantitative estimate of drug-likeness (QED) is 0.574. The zero-order valence-electron chi connectivity index (χ0n) is 14.7. The molecule has 2 aromatic rings. The lowest BCUT2D eigenvalue weighted by Crippen LogP contribution is -2.40. The van der Waals surface area contributed by atoms with Crippen LogP contribution in [-0.4, -0.2) is 51.5 Å². The van der Waals surface area contributed by atoms with Gasteiger partial charge in [0.1, 0.15) is 10.6 Å². The Balaban J connectivity index is 1.73. The molecule has 0 atom stereocenters. The van der Waals surface area contributed by atoms with Gasteiger partial charge in [-0.15, -0.1) is 0 Å². The molecule has 0 bridgehead atoms. The summed E-state index contributed by atoms with van der Waals surface area (Å²) >= 11 is 8.17. The average molecular weight is 537 g/mol. The van der Waals surface area contributed by atoms with E-state index < -0.39 is 15.9 Å². The fraction of sp³-hybridized carbons (Fsp3) is 0.278. The summed E-state index contributed by atoms with van der Waals surface area (Å²) in [6.07, 6.45) is 0. The number of hydrogen-bond acceptors (Lipinski definition) is 5. The van der Waals surface area contributed by atoms with Crippen molar-refractivity contribution in [3.8, 4) is 5.75 Å². The van der Waals surface area contributed by atoms with Crippen molar-refractivity contribution < 1.29 is 22.7 Å². The minimum Gasteiger partial charge on any atom is -0.482 e. The van der Waals surface area contributed by atoms with Gasteiger partial charge in [0.25, 0.3) is 5.91 Å². The normalized spacial score (nSPS) is 15.2. The number of nitrogens with zero attached hydrogens (tertiary/aromatic N) is 1. The number of hydrogen-bond donors (Lipinski definition) is 1. The number of rotatable bonds is 6. The number of nitrogens with one attached hydrogen (secondary N) is 1. The molecule has 0 aromatic heterocycles. The largest absolute Gasteiger partial charge is 0.482 e. The average Bonchev–Trinajstić information content (AvgIpc) is 2.69. The van der Waals surface area contributed by atoms with Crippen LogP contribution in [0.2, 0.25) is 5.02 Å². The molecule has 0 saturated carbocycles. The lowest BCUT2D eigenvalue weighted by Gasteiger charge is -2.26. The second-order valence-electron chi connectivity index (χ2n) is 5.95. The van der Waals surface area contributed by atoms with Gasteiger partial charge in [0.15, 0.2) is 6.61 Å². The van der Waals surface area contributed by atoms with Crippen LogP contribution in [0, 0.1) is 3.57 Å². The van der Waals surface area contributed by atoms with Crippen molar-refractivity contribution in [2.24, 2.45) is 0 Å². The van der Waals surface area contributed by atoms with E-state index in [2.05, 4.69) is 27.9 Å². The van der Waals surface area contributed by atoms with Crippen LogP contribution in [0.5, 0.6) is 5.75 Å². The maximum atomic E-state index is 13.0. The van der Waals surface area contributed by atoms with Gasteiger partial charge >= 0.3 is 0 Å². The van der Waals surface area contributed by atoms with Gasteiger partial charge in [-0.2, -0.15) is 4.31 Å². The maximum Gasteiger partial charge on any atom is 0.262 e. The van der Waals surface area contributed by atoms with Crippen molar-refractivity contribution in [1.82, 2.24) is 4.31 Å². The highest BCUT2D eigenvalue weighted by molar-refractivity contribution is 14.1. The molecule has 2 aromatic carbocycles. The molecule has 1 heterocycles. The number of ether oxygens (including phenoxy) is 2. The molecule has 1 amide bonds. The number of sulfonamides is 1. The minimum atomic E-state index is -3.82. The molecule has 0 aliphatic carbocycles. The highest BCUT2D eigenvalue weighted by atomic mass is 127. The highest BCUT2D eigenvalue weighted by Gasteiger charge is 2.29. The van der Waals surface area contributed by atoms with E-state index in [1.807, 2.05) is 12.1 Å². The van der Waals surface area contributed by atoms with Crippen LogP contribution >= 0.6 is 34.2 Å². The number of carbonyl (C=O) groups is 1. The van der Waals surface area contributed by atoms with E-state index in [0.717, 1.165) is 3.57 Å². The smallest absolute Gasteiger partial charge is 0.262 e. The third-order valence-corrected chi connectivity index (χ3v) is 6.85. The molecule has 0 unspecified atom stereocenters. The molecule has 0 radical (unpaired) electrons. The molecule has 7 nitrogen and oxygen atoms in total. The predicted octanol–water partition coefficient (Wildman–Crippen LogP) is 2.98. The maximum absolute atomic E-state index is 13.0. The summed E-state index contributed by atoms with van der Waals surface area (Å²) in [6, 6.07) is 11.6. The Morgan fingerprint density at radius 1 is 1.18 bits per heavy atom. The van der Waals surface area contributed by atoms with Gasteiger partial charge in [-0.05, 0) is 65.1 Å². The molecule has 28 heavy (non-hydrogen) atoms. The number of halogens is 2. The van der Waals surface area contributed by atoms with Crippen molar-refractivity contribution in [3.05, 3.63) is 51.1 Å². The molecule has 1 fully saturated rings. The monoisotopic (exact) mass is 536 g/mol.